The third kappa shape index (κ3) is 4.38. The molecule has 1 aliphatic heterocycles. The molecule has 0 saturated heterocycles. The minimum Gasteiger partial charge on any atom is -0.487 e. The molecule has 3 aromatic rings. The number of aromatic nitrogens is 2. The van der Waals surface area contributed by atoms with Gasteiger partial charge in [0.15, 0.2) is 0 Å². The van der Waals surface area contributed by atoms with Crippen LogP contribution in [0.4, 0.5) is 0 Å². The van der Waals surface area contributed by atoms with Gasteiger partial charge in [0.25, 0.3) is 5.56 Å². The smallest absolute Gasteiger partial charge is 0.254 e. The highest BCUT2D eigenvalue weighted by molar-refractivity contribution is 6.30. The molecule has 0 spiro atoms. The molecule has 0 bridgehead atoms. The third-order valence-electron chi connectivity index (χ3n) is 4.69. The number of hydrogen-bond acceptors (Lipinski definition) is 4. The second-order valence-electron chi connectivity index (χ2n) is 6.61. The van der Waals surface area contributed by atoms with Crippen LogP contribution >= 0.6 is 11.6 Å². The predicted molar refractivity (Wildman–Crippen MR) is 105 cm³/mol. The first-order valence-corrected chi connectivity index (χ1v) is 9.30. The van der Waals surface area contributed by atoms with Crippen LogP contribution in [0, 0.1) is 0 Å². The Morgan fingerprint density at radius 2 is 2.00 bits per heavy atom. The second kappa shape index (κ2) is 7.94. The SMILES string of the molecule is O=c1cc(OCc2ccc(Cl)cn2)ccn1CCc1ccc2c(c1)CNC2. The van der Waals surface area contributed by atoms with Gasteiger partial charge in [-0.25, -0.2) is 0 Å². The van der Waals surface area contributed by atoms with Crippen LogP contribution in [0.3, 0.4) is 0 Å². The lowest BCUT2D eigenvalue weighted by Gasteiger charge is -2.09. The van der Waals surface area contributed by atoms with Crippen molar-refractivity contribution in [2.24, 2.45) is 0 Å². The monoisotopic (exact) mass is 381 g/mol. The Morgan fingerprint density at radius 1 is 1.11 bits per heavy atom. The van der Waals surface area contributed by atoms with E-state index in [0.717, 1.165) is 25.2 Å². The average Bonchev–Trinajstić information content (AvgIpc) is 3.14. The number of fused-ring (bicyclic) bond motifs is 1. The van der Waals surface area contributed by atoms with Gasteiger partial charge in [-0.1, -0.05) is 29.8 Å². The van der Waals surface area contributed by atoms with E-state index in [1.54, 1.807) is 29.1 Å². The molecule has 1 aromatic carbocycles. The zero-order valence-electron chi connectivity index (χ0n) is 14.8. The van der Waals surface area contributed by atoms with Crippen molar-refractivity contribution in [2.75, 3.05) is 0 Å². The van der Waals surface area contributed by atoms with Crippen LogP contribution in [0.15, 0.2) is 59.7 Å². The maximum absolute atomic E-state index is 12.3. The van der Waals surface area contributed by atoms with Gasteiger partial charge < -0.3 is 14.6 Å². The van der Waals surface area contributed by atoms with Gasteiger partial charge in [0.05, 0.1) is 10.7 Å². The van der Waals surface area contributed by atoms with Crippen LogP contribution < -0.4 is 15.6 Å². The summed E-state index contributed by atoms with van der Waals surface area (Å²) in [4.78, 5) is 16.5. The van der Waals surface area contributed by atoms with Crippen LogP contribution in [0.1, 0.15) is 22.4 Å². The van der Waals surface area contributed by atoms with Gasteiger partial charge in [0, 0.05) is 38.1 Å². The maximum Gasteiger partial charge on any atom is 0.254 e. The Labute approximate surface area is 162 Å². The van der Waals surface area contributed by atoms with E-state index in [2.05, 4.69) is 28.5 Å². The normalized spacial score (nSPS) is 12.8. The van der Waals surface area contributed by atoms with Crippen LogP contribution in [0.2, 0.25) is 5.02 Å². The first-order valence-electron chi connectivity index (χ1n) is 8.92. The Kier molecular flexibility index (Phi) is 5.23. The minimum absolute atomic E-state index is 0.0700. The van der Waals surface area contributed by atoms with E-state index in [0.29, 0.717) is 23.9 Å². The fourth-order valence-electron chi connectivity index (χ4n) is 3.17. The number of aryl methyl sites for hydroxylation is 2. The van der Waals surface area contributed by atoms with Crippen LogP contribution in [-0.2, 0) is 32.7 Å². The number of halogens is 1. The summed E-state index contributed by atoms with van der Waals surface area (Å²) in [6, 6.07) is 13.4. The zero-order valence-corrected chi connectivity index (χ0v) is 15.6. The van der Waals surface area contributed by atoms with E-state index in [4.69, 9.17) is 16.3 Å². The molecule has 0 fully saturated rings. The number of ether oxygens (including phenoxy) is 1. The Morgan fingerprint density at radius 3 is 2.81 bits per heavy atom. The molecule has 0 atom stereocenters. The summed E-state index contributed by atoms with van der Waals surface area (Å²) in [7, 11) is 0. The second-order valence-corrected chi connectivity index (χ2v) is 7.04. The van der Waals surface area contributed by atoms with Crippen LogP contribution in [0.5, 0.6) is 5.75 Å². The molecule has 3 heterocycles. The predicted octanol–water partition coefficient (Wildman–Crippen LogP) is 3.32. The van der Waals surface area contributed by atoms with Gasteiger partial charge in [-0.2, -0.15) is 0 Å². The topological polar surface area (TPSA) is 56.1 Å². The standard InChI is InChI=1S/C21H20ClN3O2/c22-18-3-4-19(24-13-18)14-27-20-6-8-25(21(26)10-20)7-5-15-1-2-16-11-23-12-17(16)9-15/h1-4,6,8-10,13,23H,5,7,11-12,14H2. The molecular weight excluding hydrogens is 362 g/mol. The van der Waals surface area contributed by atoms with Crippen molar-refractivity contribution in [3.63, 3.8) is 0 Å². The number of rotatable bonds is 6. The lowest BCUT2D eigenvalue weighted by atomic mass is 10.0. The van der Waals surface area contributed by atoms with Crippen molar-refractivity contribution < 1.29 is 4.74 Å². The lowest BCUT2D eigenvalue weighted by molar-refractivity contribution is 0.300. The Balaban J connectivity index is 1.36. The lowest BCUT2D eigenvalue weighted by Crippen LogP contribution is -2.19. The number of nitrogens with one attached hydrogen (secondary N) is 1. The van der Waals surface area contributed by atoms with Crippen molar-refractivity contribution >= 4 is 11.6 Å². The quantitative estimate of drug-likeness (QED) is 0.711. The molecule has 27 heavy (non-hydrogen) atoms. The minimum atomic E-state index is -0.0700. The summed E-state index contributed by atoms with van der Waals surface area (Å²) in [5.41, 5.74) is 4.67. The summed E-state index contributed by atoms with van der Waals surface area (Å²) >= 11 is 5.82. The van der Waals surface area contributed by atoms with E-state index in [-0.39, 0.29) is 5.56 Å². The highest BCUT2D eigenvalue weighted by atomic mass is 35.5. The number of pyridine rings is 2. The molecule has 0 aliphatic carbocycles. The summed E-state index contributed by atoms with van der Waals surface area (Å²) in [5.74, 6) is 0.539. The highest BCUT2D eigenvalue weighted by Gasteiger charge is 2.10. The van der Waals surface area contributed by atoms with E-state index in [1.165, 1.54) is 22.8 Å². The van der Waals surface area contributed by atoms with Gasteiger partial charge in [0.2, 0.25) is 0 Å². The molecule has 1 aliphatic rings. The summed E-state index contributed by atoms with van der Waals surface area (Å²) in [6.07, 6.45) is 4.18. The third-order valence-corrected chi connectivity index (χ3v) is 4.91. The van der Waals surface area contributed by atoms with Gasteiger partial charge in [-0.15, -0.1) is 0 Å². The molecule has 0 saturated carbocycles. The molecule has 0 radical (unpaired) electrons. The first-order chi connectivity index (χ1) is 13.2. The molecule has 138 valence electrons. The Bertz CT molecular complexity index is 999. The number of benzene rings is 1. The summed E-state index contributed by atoms with van der Waals surface area (Å²) in [6.45, 7) is 2.81. The van der Waals surface area contributed by atoms with E-state index >= 15 is 0 Å². The molecule has 2 aromatic heterocycles. The maximum atomic E-state index is 12.3. The largest absolute Gasteiger partial charge is 0.487 e. The molecular formula is C21H20ClN3O2. The van der Waals surface area contributed by atoms with Gasteiger partial charge in [-0.05, 0) is 41.3 Å². The van der Waals surface area contributed by atoms with Crippen LogP contribution in [-0.4, -0.2) is 9.55 Å². The first kappa shape index (κ1) is 17.8. The molecule has 0 amide bonds. The zero-order chi connectivity index (χ0) is 18.6. The van der Waals surface area contributed by atoms with Gasteiger partial charge in [0.1, 0.15) is 12.4 Å². The molecule has 5 nitrogen and oxygen atoms in total. The summed E-state index contributed by atoms with van der Waals surface area (Å²) in [5, 5.41) is 3.93. The molecule has 4 rings (SSSR count). The molecule has 6 heteroatoms. The number of nitrogens with zero attached hydrogens (tertiary/aromatic N) is 2. The van der Waals surface area contributed by atoms with Crippen molar-refractivity contribution in [3.05, 3.63) is 92.6 Å². The van der Waals surface area contributed by atoms with Crippen molar-refractivity contribution in [1.82, 2.24) is 14.9 Å². The molecule has 0 unspecified atom stereocenters. The fraction of sp³-hybridized carbons (Fsp3) is 0.238. The van der Waals surface area contributed by atoms with Crippen LogP contribution in [0.25, 0.3) is 0 Å². The fourth-order valence-corrected chi connectivity index (χ4v) is 3.28. The average molecular weight is 382 g/mol. The van der Waals surface area contributed by atoms with E-state index < -0.39 is 0 Å². The van der Waals surface area contributed by atoms with Crippen molar-refractivity contribution in [1.29, 1.82) is 0 Å². The van der Waals surface area contributed by atoms with Crippen molar-refractivity contribution in [3.8, 4) is 5.75 Å². The highest BCUT2D eigenvalue weighted by Crippen LogP contribution is 2.17. The Hall–Kier alpha value is -2.63. The number of hydrogen-bond donors (Lipinski definition) is 1. The van der Waals surface area contributed by atoms with E-state index in [9.17, 15) is 4.79 Å². The molecule has 1 N–H and O–H groups in total. The summed E-state index contributed by atoms with van der Waals surface area (Å²) < 4.78 is 7.36. The van der Waals surface area contributed by atoms with Crippen molar-refractivity contribution in [2.45, 2.75) is 32.7 Å². The van der Waals surface area contributed by atoms with E-state index in [1.807, 2.05) is 6.07 Å². The van der Waals surface area contributed by atoms with Gasteiger partial charge >= 0.3 is 0 Å². The van der Waals surface area contributed by atoms with Gasteiger partial charge in [-0.3, -0.25) is 9.78 Å².